The van der Waals surface area contributed by atoms with Gasteiger partial charge in [0.15, 0.2) is 0 Å². The lowest BCUT2D eigenvalue weighted by atomic mass is 10.1. The lowest BCUT2D eigenvalue weighted by Gasteiger charge is -2.09. The van der Waals surface area contributed by atoms with Crippen molar-refractivity contribution in [1.29, 1.82) is 5.26 Å². The minimum absolute atomic E-state index is 0.134. The Kier molecular flexibility index (Phi) is 6.17. The topological polar surface area (TPSA) is 75.0 Å². The summed E-state index contributed by atoms with van der Waals surface area (Å²) in [5, 5.41) is 13.8. The van der Waals surface area contributed by atoms with Crippen molar-refractivity contribution in [2.45, 2.75) is 25.8 Å². The number of benzene rings is 2. The van der Waals surface area contributed by atoms with Crippen LogP contribution in [0, 0.1) is 25.2 Å². The van der Waals surface area contributed by atoms with Crippen molar-refractivity contribution in [2.75, 3.05) is 17.7 Å². The number of hydrogen-bond acceptors (Lipinski definition) is 5. The van der Waals surface area contributed by atoms with Gasteiger partial charge in [-0.2, -0.15) is 5.26 Å². The van der Waals surface area contributed by atoms with Crippen LogP contribution in [-0.2, 0) is 4.79 Å². The van der Waals surface area contributed by atoms with Crippen molar-refractivity contribution in [3.63, 3.8) is 0 Å². The molecule has 0 atom stereocenters. The van der Waals surface area contributed by atoms with Gasteiger partial charge in [0, 0.05) is 11.1 Å². The number of ether oxygens (including phenoxy) is 1. The summed E-state index contributed by atoms with van der Waals surface area (Å²) in [6.45, 7) is 6.54. The van der Waals surface area contributed by atoms with Gasteiger partial charge in [0.25, 0.3) is 0 Å². The van der Waals surface area contributed by atoms with E-state index in [1.54, 1.807) is 6.07 Å². The molecule has 3 rings (SSSR count). The minimum Gasteiger partial charge on any atom is -0.494 e. The first kappa shape index (κ1) is 19.7. The number of nitriles is 1. The van der Waals surface area contributed by atoms with Crippen LogP contribution in [0.25, 0.3) is 10.9 Å². The van der Waals surface area contributed by atoms with Gasteiger partial charge < -0.3 is 10.1 Å². The highest BCUT2D eigenvalue weighted by Gasteiger charge is 2.11. The van der Waals surface area contributed by atoms with Gasteiger partial charge in [-0.15, -0.1) is 0 Å². The number of aryl methyl sites for hydroxylation is 2. The molecule has 0 radical (unpaired) electrons. The van der Waals surface area contributed by atoms with E-state index in [-0.39, 0.29) is 11.7 Å². The Morgan fingerprint density at radius 3 is 2.71 bits per heavy atom. The lowest BCUT2D eigenvalue weighted by molar-refractivity contribution is -0.113. The Labute approximate surface area is 168 Å². The average molecular weight is 391 g/mol. The number of amides is 1. The molecular formula is C22H21N3O2S. The first-order valence-corrected chi connectivity index (χ1v) is 9.96. The van der Waals surface area contributed by atoms with Crippen molar-refractivity contribution in [3.05, 3.63) is 59.2 Å². The standard InChI is InChI=1S/C22H21N3O2S/c1-4-27-19-7-8-20-16(11-19)10-17(12-23)22(25-20)28-13-21(26)24-18-6-5-14(2)15(3)9-18/h5-11H,4,13H2,1-3H3,(H,24,26). The fraction of sp³-hybridized carbons (Fsp3) is 0.227. The molecule has 5 nitrogen and oxygen atoms in total. The summed E-state index contributed by atoms with van der Waals surface area (Å²) in [4.78, 5) is 16.9. The highest BCUT2D eigenvalue weighted by molar-refractivity contribution is 8.00. The van der Waals surface area contributed by atoms with Crippen LogP contribution in [-0.4, -0.2) is 23.3 Å². The smallest absolute Gasteiger partial charge is 0.234 e. The van der Waals surface area contributed by atoms with E-state index in [9.17, 15) is 10.1 Å². The van der Waals surface area contributed by atoms with Crippen molar-refractivity contribution in [3.8, 4) is 11.8 Å². The zero-order chi connectivity index (χ0) is 20.1. The summed E-state index contributed by atoms with van der Waals surface area (Å²) < 4.78 is 5.50. The zero-order valence-electron chi connectivity index (χ0n) is 16.1. The first-order valence-electron chi connectivity index (χ1n) is 8.97. The molecule has 0 aliphatic rings. The Morgan fingerprint density at radius 2 is 2.00 bits per heavy atom. The van der Waals surface area contributed by atoms with Gasteiger partial charge in [-0.1, -0.05) is 17.8 Å². The molecule has 1 amide bonds. The number of nitrogens with zero attached hydrogens (tertiary/aromatic N) is 2. The number of hydrogen-bond donors (Lipinski definition) is 1. The molecule has 0 bridgehead atoms. The Balaban J connectivity index is 1.74. The van der Waals surface area contributed by atoms with Crippen molar-refractivity contribution >= 4 is 34.3 Å². The fourth-order valence-corrected chi connectivity index (χ4v) is 3.50. The summed E-state index contributed by atoms with van der Waals surface area (Å²) >= 11 is 1.26. The second-order valence-corrected chi connectivity index (χ2v) is 7.34. The Bertz CT molecular complexity index is 1070. The maximum absolute atomic E-state index is 12.3. The van der Waals surface area contributed by atoms with Crippen LogP contribution >= 0.6 is 11.8 Å². The van der Waals surface area contributed by atoms with Gasteiger partial charge in [-0.3, -0.25) is 4.79 Å². The number of rotatable bonds is 6. The van der Waals surface area contributed by atoms with E-state index in [0.717, 1.165) is 27.9 Å². The molecule has 0 aliphatic carbocycles. The summed E-state index contributed by atoms with van der Waals surface area (Å²) in [7, 11) is 0. The number of anilines is 1. The molecule has 0 fully saturated rings. The second-order valence-electron chi connectivity index (χ2n) is 6.38. The Morgan fingerprint density at radius 1 is 1.18 bits per heavy atom. The molecular weight excluding hydrogens is 370 g/mol. The summed E-state index contributed by atoms with van der Waals surface area (Å²) in [6, 6.07) is 15.4. The molecule has 0 spiro atoms. The Hall–Kier alpha value is -3.04. The largest absolute Gasteiger partial charge is 0.494 e. The van der Waals surface area contributed by atoms with Gasteiger partial charge in [0.05, 0.1) is 23.4 Å². The normalized spacial score (nSPS) is 10.5. The first-order chi connectivity index (χ1) is 13.5. The lowest BCUT2D eigenvalue weighted by Crippen LogP contribution is -2.14. The number of pyridine rings is 1. The molecule has 0 saturated carbocycles. The van der Waals surface area contributed by atoms with Crippen molar-refractivity contribution < 1.29 is 9.53 Å². The van der Waals surface area contributed by atoms with E-state index in [1.807, 2.05) is 57.2 Å². The van der Waals surface area contributed by atoms with E-state index >= 15 is 0 Å². The predicted molar refractivity (Wildman–Crippen MR) is 113 cm³/mol. The average Bonchev–Trinajstić information content (AvgIpc) is 2.68. The molecule has 2 aromatic carbocycles. The van der Waals surface area contributed by atoms with E-state index in [4.69, 9.17) is 4.74 Å². The molecule has 142 valence electrons. The summed E-state index contributed by atoms with van der Waals surface area (Å²) in [5.74, 6) is 0.788. The summed E-state index contributed by atoms with van der Waals surface area (Å²) in [6.07, 6.45) is 0. The van der Waals surface area contributed by atoms with E-state index in [0.29, 0.717) is 17.2 Å². The van der Waals surface area contributed by atoms with Crippen LogP contribution in [0.3, 0.4) is 0 Å². The number of thioether (sulfide) groups is 1. The molecule has 1 heterocycles. The number of aromatic nitrogens is 1. The third kappa shape index (κ3) is 4.62. The number of carbonyl (C=O) groups excluding carboxylic acids is 1. The van der Waals surface area contributed by atoms with Gasteiger partial charge >= 0.3 is 0 Å². The van der Waals surface area contributed by atoms with Crippen LogP contribution < -0.4 is 10.1 Å². The summed E-state index contributed by atoms with van der Waals surface area (Å²) in [5.41, 5.74) is 4.28. The minimum atomic E-state index is -0.134. The van der Waals surface area contributed by atoms with E-state index < -0.39 is 0 Å². The maximum atomic E-state index is 12.3. The van der Waals surface area contributed by atoms with Crippen LogP contribution in [0.4, 0.5) is 5.69 Å². The van der Waals surface area contributed by atoms with Crippen molar-refractivity contribution in [1.82, 2.24) is 4.98 Å². The van der Waals surface area contributed by atoms with Gasteiger partial charge in [0.2, 0.25) is 5.91 Å². The maximum Gasteiger partial charge on any atom is 0.234 e. The molecule has 1 aromatic heterocycles. The SMILES string of the molecule is CCOc1ccc2nc(SCC(=O)Nc3ccc(C)c(C)c3)c(C#N)cc2c1. The predicted octanol–water partition coefficient (Wildman–Crippen LogP) is 4.85. The quantitative estimate of drug-likeness (QED) is 0.608. The van der Waals surface area contributed by atoms with Gasteiger partial charge in [0.1, 0.15) is 16.8 Å². The van der Waals surface area contributed by atoms with E-state index in [1.165, 1.54) is 17.3 Å². The third-order valence-corrected chi connectivity index (χ3v) is 5.30. The van der Waals surface area contributed by atoms with Crippen LogP contribution in [0.5, 0.6) is 5.75 Å². The van der Waals surface area contributed by atoms with E-state index in [2.05, 4.69) is 16.4 Å². The molecule has 0 saturated heterocycles. The van der Waals surface area contributed by atoms with Gasteiger partial charge in [-0.05, 0) is 68.3 Å². The second kappa shape index (κ2) is 8.77. The zero-order valence-corrected chi connectivity index (χ0v) is 16.9. The molecule has 0 unspecified atom stereocenters. The van der Waals surface area contributed by atoms with Crippen LogP contribution in [0.15, 0.2) is 47.5 Å². The third-order valence-electron chi connectivity index (χ3n) is 4.31. The number of carbonyl (C=O) groups is 1. The molecule has 28 heavy (non-hydrogen) atoms. The number of fused-ring (bicyclic) bond motifs is 1. The van der Waals surface area contributed by atoms with Gasteiger partial charge in [-0.25, -0.2) is 4.98 Å². The van der Waals surface area contributed by atoms with Crippen LogP contribution in [0.2, 0.25) is 0 Å². The van der Waals surface area contributed by atoms with Crippen LogP contribution in [0.1, 0.15) is 23.6 Å². The molecule has 6 heteroatoms. The molecule has 1 N–H and O–H groups in total. The number of nitrogens with one attached hydrogen (secondary N) is 1. The van der Waals surface area contributed by atoms with Crippen molar-refractivity contribution in [2.24, 2.45) is 0 Å². The molecule has 0 aliphatic heterocycles. The highest BCUT2D eigenvalue weighted by atomic mass is 32.2. The monoisotopic (exact) mass is 391 g/mol. The molecule has 3 aromatic rings. The highest BCUT2D eigenvalue weighted by Crippen LogP contribution is 2.27. The fourth-order valence-electron chi connectivity index (χ4n) is 2.73.